The maximum absolute atomic E-state index is 12.3. The van der Waals surface area contributed by atoms with E-state index in [0.717, 1.165) is 18.7 Å². The van der Waals surface area contributed by atoms with Crippen molar-refractivity contribution in [2.45, 2.75) is 19.4 Å². The SMILES string of the molecule is C[C@@H]1c2ccsc2CCN1C(=O)Nc1cccnc1. The summed E-state index contributed by atoms with van der Waals surface area (Å²) >= 11 is 1.78. The van der Waals surface area contributed by atoms with E-state index in [9.17, 15) is 4.79 Å². The van der Waals surface area contributed by atoms with Crippen LogP contribution in [0.25, 0.3) is 0 Å². The molecule has 1 aliphatic rings. The summed E-state index contributed by atoms with van der Waals surface area (Å²) in [5.74, 6) is 0. The topological polar surface area (TPSA) is 45.2 Å². The van der Waals surface area contributed by atoms with Crippen molar-refractivity contribution in [3.8, 4) is 0 Å². The standard InChI is InChI=1S/C14H15N3OS/c1-10-12-5-8-19-13(12)4-7-17(10)14(18)16-11-3-2-6-15-9-11/h2-3,5-6,8-10H,4,7H2,1H3,(H,16,18)/t10-/m1/s1. The number of thiophene rings is 1. The van der Waals surface area contributed by atoms with Crippen molar-refractivity contribution in [3.05, 3.63) is 46.4 Å². The molecule has 0 saturated carbocycles. The molecule has 1 N–H and O–H groups in total. The number of nitrogens with zero attached hydrogens (tertiary/aromatic N) is 2. The number of hydrogen-bond donors (Lipinski definition) is 1. The quantitative estimate of drug-likeness (QED) is 0.866. The van der Waals surface area contributed by atoms with Gasteiger partial charge in [0.05, 0.1) is 17.9 Å². The van der Waals surface area contributed by atoms with Gasteiger partial charge in [0.2, 0.25) is 0 Å². The molecule has 0 aromatic carbocycles. The molecule has 5 heteroatoms. The van der Waals surface area contributed by atoms with Gasteiger partial charge >= 0.3 is 6.03 Å². The van der Waals surface area contributed by atoms with Crippen molar-refractivity contribution in [1.29, 1.82) is 0 Å². The lowest BCUT2D eigenvalue weighted by molar-refractivity contribution is 0.189. The van der Waals surface area contributed by atoms with Gasteiger partial charge in [0.1, 0.15) is 0 Å². The molecule has 0 fully saturated rings. The summed E-state index contributed by atoms with van der Waals surface area (Å²) < 4.78 is 0. The number of urea groups is 1. The third kappa shape index (κ3) is 2.33. The summed E-state index contributed by atoms with van der Waals surface area (Å²) in [5, 5.41) is 4.99. The summed E-state index contributed by atoms with van der Waals surface area (Å²) in [6.07, 6.45) is 4.29. The lowest BCUT2D eigenvalue weighted by Crippen LogP contribution is -2.40. The van der Waals surface area contributed by atoms with Crippen LogP contribution < -0.4 is 5.32 Å². The van der Waals surface area contributed by atoms with Gasteiger partial charge in [-0.2, -0.15) is 0 Å². The second kappa shape index (κ2) is 5.01. The minimum Gasteiger partial charge on any atom is -0.317 e. The average Bonchev–Trinajstić information content (AvgIpc) is 2.89. The number of rotatable bonds is 1. The Hall–Kier alpha value is -1.88. The van der Waals surface area contributed by atoms with Gasteiger partial charge in [-0.05, 0) is 42.5 Å². The van der Waals surface area contributed by atoms with E-state index in [0.29, 0.717) is 0 Å². The fourth-order valence-electron chi connectivity index (χ4n) is 2.42. The lowest BCUT2D eigenvalue weighted by Gasteiger charge is -2.33. The molecule has 0 bridgehead atoms. The molecule has 3 rings (SSSR count). The van der Waals surface area contributed by atoms with Crippen LogP contribution in [0.1, 0.15) is 23.4 Å². The third-order valence-corrected chi connectivity index (χ3v) is 4.45. The van der Waals surface area contributed by atoms with Crippen LogP contribution in [0.2, 0.25) is 0 Å². The molecule has 98 valence electrons. The minimum atomic E-state index is -0.0580. The molecular formula is C14H15N3OS. The van der Waals surface area contributed by atoms with Crippen molar-refractivity contribution >= 4 is 23.1 Å². The number of fused-ring (bicyclic) bond motifs is 1. The number of nitrogens with one attached hydrogen (secondary N) is 1. The fraction of sp³-hybridized carbons (Fsp3) is 0.286. The van der Waals surface area contributed by atoms with Gasteiger partial charge in [-0.1, -0.05) is 0 Å². The first-order valence-corrected chi connectivity index (χ1v) is 7.17. The highest BCUT2D eigenvalue weighted by Crippen LogP contribution is 2.32. The van der Waals surface area contributed by atoms with E-state index in [-0.39, 0.29) is 12.1 Å². The molecule has 0 aliphatic carbocycles. The van der Waals surface area contributed by atoms with Crippen LogP contribution in [0.5, 0.6) is 0 Å². The van der Waals surface area contributed by atoms with Crippen LogP contribution in [-0.2, 0) is 6.42 Å². The molecule has 2 amide bonds. The van der Waals surface area contributed by atoms with Crippen molar-refractivity contribution in [2.75, 3.05) is 11.9 Å². The Bertz CT molecular complexity index is 581. The summed E-state index contributed by atoms with van der Waals surface area (Å²) in [7, 11) is 0. The smallest absolute Gasteiger partial charge is 0.317 e. The molecule has 1 atom stereocenters. The number of anilines is 1. The van der Waals surface area contributed by atoms with E-state index < -0.39 is 0 Å². The van der Waals surface area contributed by atoms with Crippen LogP contribution in [0, 0.1) is 0 Å². The van der Waals surface area contributed by atoms with Crippen LogP contribution in [0.4, 0.5) is 10.5 Å². The molecule has 1 aliphatic heterocycles. The van der Waals surface area contributed by atoms with E-state index in [1.165, 1.54) is 10.4 Å². The molecule has 0 unspecified atom stereocenters. The van der Waals surface area contributed by atoms with Crippen LogP contribution in [-0.4, -0.2) is 22.5 Å². The average molecular weight is 273 g/mol. The van der Waals surface area contributed by atoms with E-state index in [1.807, 2.05) is 17.0 Å². The van der Waals surface area contributed by atoms with E-state index in [1.54, 1.807) is 23.7 Å². The molecule has 2 aromatic heterocycles. The Morgan fingerprint density at radius 3 is 3.21 bits per heavy atom. The number of pyridine rings is 1. The van der Waals surface area contributed by atoms with Gasteiger partial charge in [-0.15, -0.1) is 11.3 Å². The number of hydrogen-bond acceptors (Lipinski definition) is 3. The van der Waals surface area contributed by atoms with E-state index in [4.69, 9.17) is 0 Å². The van der Waals surface area contributed by atoms with Gasteiger partial charge in [-0.25, -0.2) is 4.79 Å². The van der Waals surface area contributed by atoms with Crippen molar-refractivity contribution in [3.63, 3.8) is 0 Å². The van der Waals surface area contributed by atoms with Gasteiger partial charge in [-0.3, -0.25) is 4.98 Å². The van der Waals surface area contributed by atoms with E-state index in [2.05, 4.69) is 28.7 Å². The summed E-state index contributed by atoms with van der Waals surface area (Å²) in [6.45, 7) is 2.84. The highest BCUT2D eigenvalue weighted by molar-refractivity contribution is 7.10. The predicted octanol–water partition coefficient (Wildman–Crippen LogP) is 3.29. The van der Waals surface area contributed by atoms with Gasteiger partial charge in [0.25, 0.3) is 0 Å². The maximum Gasteiger partial charge on any atom is 0.322 e. The predicted molar refractivity (Wildman–Crippen MR) is 76.4 cm³/mol. The number of amides is 2. The second-order valence-corrected chi connectivity index (χ2v) is 5.59. The van der Waals surface area contributed by atoms with Crippen LogP contribution >= 0.6 is 11.3 Å². The van der Waals surface area contributed by atoms with Gasteiger partial charge in [0, 0.05) is 17.6 Å². The molecule has 19 heavy (non-hydrogen) atoms. The summed E-state index contributed by atoms with van der Waals surface area (Å²) in [4.78, 5) is 19.6. The normalized spacial score (nSPS) is 17.9. The zero-order chi connectivity index (χ0) is 13.2. The number of carbonyl (C=O) groups is 1. The molecule has 0 radical (unpaired) electrons. The van der Waals surface area contributed by atoms with Crippen LogP contribution in [0.3, 0.4) is 0 Å². The molecular weight excluding hydrogens is 258 g/mol. The number of carbonyl (C=O) groups excluding carboxylic acids is 1. The molecule has 2 aromatic rings. The summed E-state index contributed by atoms with van der Waals surface area (Å²) in [6, 6.07) is 5.85. The summed E-state index contributed by atoms with van der Waals surface area (Å²) in [5.41, 5.74) is 2.01. The van der Waals surface area contributed by atoms with Gasteiger partial charge < -0.3 is 10.2 Å². The minimum absolute atomic E-state index is 0.0580. The largest absolute Gasteiger partial charge is 0.322 e. The van der Waals surface area contributed by atoms with Crippen molar-refractivity contribution < 1.29 is 4.79 Å². The first-order chi connectivity index (χ1) is 9.25. The third-order valence-electron chi connectivity index (χ3n) is 3.45. The Labute approximate surface area is 116 Å². The van der Waals surface area contributed by atoms with Crippen molar-refractivity contribution in [1.82, 2.24) is 9.88 Å². The lowest BCUT2D eigenvalue weighted by atomic mass is 10.0. The zero-order valence-corrected chi connectivity index (χ0v) is 11.5. The molecule has 0 saturated heterocycles. The zero-order valence-electron chi connectivity index (χ0n) is 10.7. The Morgan fingerprint density at radius 1 is 1.53 bits per heavy atom. The fourth-order valence-corrected chi connectivity index (χ4v) is 3.38. The number of aromatic nitrogens is 1. The Morgan fingerprint density at radius 2 is 2.42 bits per heavy atom. The van der Waals surface area contributed by atoms with Gasteiger partial charge in [0.15, 0.2) is 0 Å². The first kappa shape index (κ1) is 12.2. The van der Waals surface area contributed by atoms with Crippen LogP contribution in [0.15, 0.2) is 36.0 Å². The monoisotopic (exact) mass is 273 g/mol. The highest BCUT2D eigenvalue weighted by Gasteiger charge is 2.28. The van der Waals surface area contributed by atoms with E-state index >= 15 is 0 Å². The second-order valence-electron chi connectivity index (χ2n) is 4.59. The first-order valence-electron chi connectivity index (χ1n) is 6.29. The van der Waals surface area contributed by atoms with Crippen molar-refractivity contribution in [2.24, 2.45) is 0 Å². The Balaban J connectivity index is 1.75. The maximum atomic E-state index is 12.3. The molecule has 0 spiro atoms. The Kier molecular flexibility index (Phi) is 3.21. The highest BCUT2D eigenvalue weighted by atomic mass is 32.1. The molecule has 4 nitrogen and oxygen atoms in total. The molecule has 3 heterocycles.